The summed E-state index contributed by atoms with van der Waals surface area (Å²) in [5, 5.41) is 0. The Hall–Kier alpha value is -0.260. The van der Waals surface area contributed by atoms with Gasteiger partial charge in [0.15, 0.2) is 0 Å². The minimum Gasteiger partial charge on any atom is -0.0791 e. The Bertz CT molecular complexity index is 165. The second-order valence-electron chi connectivity index (χ2n) is 4.38. The standard InChI is InChI=1S/C11H20/c1-5-11(4)7-6-10(8-11)9(2)3/h8-9H,5-7H2,1-4H3. The molecule has 0 nitrogen and oxygen atoms in total. The van der Waals surface area contributed by atoms with Crippen LogP contribution in [0.4, 0.5) is 0 Å². The van der Waals surface area contributed by atoms with Crippen molar-refractivity contribution in [1.29, 1.82) is 0 Å². The summed E-state index contributed by atoms with van der Waals surface area (Å²) in [7, 11) is 0. The van der Waals surface area contributed by atoms with E-state index in [4.69, 9.17) is 0 Å². The van der Waals surface area contributed by atoms with E-state index in [1.165, 1.54) is 19.3 Å². The Kier molecular flexibility index (Phi) is 2.41. The average molecular weight is 152 g/mol. The maximum Gasteiger partial charge on any atom is -0.0143 e. The van der Waals surface area contributed by atoms with Crippen LogP contribution in [0.25, 0.3) is 0 Å². The number of hydrogen-bond donors (Lipinski definition) is 0. The van der Waals surface area contributed by atoms with Crippen molar-refractivity contribution in [3.63, 3.8) is 0 Å². The van der Waals surface area contributed by atoms with E-state index in [9.17, 15) is 0 Å². The van der Waals surface area contributed by atoms with Gasteiger partial charge in [-0.05, 0) is 30.6 Å². The molecule has 1 unspecified atom stereocenters. The van der Waals surface area contributed by atoms with Crippen LogP contribution in [0.3, 0.4) is 0 Å². The van der Waals surface area contributed by atoms with E-state index in [1.807, 2.05) is 0 Å². The molecule has 0 radical (unpaired) electrons. The van der Waals surface area contributed by atoms with Crippen molar-refractivity contribution in [3.8, 4) is 0 Å². The molecule has 0 aliphatic heterocycles. The molecule has 0 aromatic rings. The first-order valence-corrected chi connectivity index (χ1v) is 4.79. The van der Waals surface area contributed by atoms with Crippen molar-refractivity contribution >= 4 is 0 Å². The molecule has 0 aromatic heterocycles. The number of rotatable bonds is 2. The Morgan fingerprint density at radius 2 is 2.18 bits per heavy atom. The monoisotopic (exact) mass is 152 g/mol. The first-order valence-electron chi connectivity index (χ1n) is 4.79. The second kappa shape index (κ2) is 3.00. The average Bonchev–Trinajstić information content (AvgIpc) is 2.33. The van der Waals surface area contributed by atoms with Gasteiger partial charge in [0.25, 0.3) is 0 Å². The van der Waals surface area contributed by atoms with Crippen molar-refractivity contribution < 1.29 is 0 Å². The third-order valence-electron chi connectivity index (χ3n) is 3.07. The van der Waals surface area contributed by atoms with Crippen LogP contribution in [0.5, 0.6) is 0 Å². The number of allylic oxidation sites excluding steroid dienone is 2. The topological polar surface area (TPSA) is 0 Å². The van der Waals surface area contributed by atoms with Gasteiger partial charge >= 0.3 is 0 Å². The largest absolute Gasteiger partial charge is 0.0791 e. The highest BCUT2D eigenvalue weighted by Gasteiger charge is 2.26. The van der Waals surface area contributed by atoms with Gasteiger partial charge in [-0.1, -0.05) is 39.3 Å². The third-order valence-corrected chi connectivity index (χ3v) is 3.07. The summed E-state index contributed by atoms with van der Waals surface area (Å²) in [5.74, 6) is 0.767. The first kappa shape index (κ1) is 8.83. The van der Waals surface area contributed by atoms with Crippen LogP contribution in [0.2, 0.25) is 0 Å². The van der Waals surface area contributed by atoms with Crippen molar-refractivity contribution in [2.45, 2.75) is 47.0 Å². The summed E-state index contributed by atoms with van der Waals surface area (Å²) < 4.78 is 0. The van der Waals surface area contributed by atoms with Gasteiger partial charge in [-0.25, -0.2) is 0 Å². The normalized spacial score (nSPS) is 31.2. The quantitative estimate of drug-likeness (QED) is 0.528. The van der Waals surface area contributed by atoms with Crippen molar-refractivity contribution in [1.82, 2.24) is 0 Å². The van der Waals surface area contributed by atoms with Gasteiger partial charge in [-0.2, -0.15) is 0 Å². The summed E-state index contributed by atoms with van der Waals surface area (Å²) in [4.78, 5) is 0. The van der Waals surface area contributed by atoms with Crippen molar-refractivity contribution in [2.24, 2.45) is 11.3 Å². The Morgan fingerprint density at radius 1 is 1.55 bits per heavy atom. The maximum absolute atomic E-state index is 2.51. The van der Waals surface area contributed by atoms with Gasteiger partial charge < -0.3 is 0 Å². The fourth-order valence-corrected chi connectivity index (χ4v) is 1.76. The highest BCUT2D eigenvalue weighted by molar-refractivity contribution is 5.17. The van der Waals surface area contributed by atoms with E-state index < -0.39 is 0 Å². The van der Waals surface area contributed by atoms with Crippen LogP contribution in [-0.2, 0) is 0 Å². The van der Waals surface area contributed by atoms with Crippen molar-refractivity contribution in [3.05, 3.63) is 11.6 Å². The van der Waals surface area contributed by atoms with Crippen LogP contribution in [0.15, 0.2) is 11.6 Å². The van der Waals surface area contributed by atoms with E-state index in [1.54, 1.807) is 5.57 Å². The van der Waals surface area contributed by atoms with E-state index >= 15 is 0 Å². The molecule has 1 aliphatic rings. The van der Waals surface area contributed by atoms with E-state index in [0.717, 1.165) is 5.92 Å². The SMILES string of the molecule is CCC1(C)C=C(C(C)C)CC1. The van der Waals surface area contributed by atoms with Gasteiger partial charge in [-0.3, -0.25) is 0 Å². The smallest absolute Gasteiger partial charge is 0.0143 e. The van der Waals surface area contributed by atoms with Crippen molar-refractivity contribution in [2.75, 3.05) is 0 Å². The van der Waals surface area contributed by atoms with Crippen LogP contribution in [0, 0.1) is 11.3 Å². The first-order chi connectivity index (χ1) is 5.07. The highest BCUT2D eigenvalue weighted by atomic mass is 14.3. The minimum atomic E-state index is 0.527. The predicted octanol–water partition coefficient (Wildman–Crippen LogP) is 3.78. The summed E-state index contributed by atoms with van der Waals surface area (Å²) >= 11 is 0. The lowest BCUT2D eigenvalue weighted by Crippen LogP contribution is -2.06. The van der Waals surface area contributed by atoms with E-state index in [0.29, 0.717) is 5.41 Å². The Labute approximate surface area is 70.7 Å². The predicted molar refractivity (Wildman–Crippen MR) is 50.6 cm³/mol. The lowest BCUT2D eigenvalue weighted by atomic mass is 9.87. The Balaban J connectivity index is 2.67. The van der Waals surface area contributed by atoms with E-state index in [2.05, 4.69) is 33.8 Å². The van der Waals surface area contributed by atoms with Gasteiger partial charge in [0.2, 0.25) is 0 Å². The van der Waals surface area contributed by atoms with Crippen LogP contribution >= 0.6 is 0 Å². The summed E-state index contributed by atoms with van der Waals surface area (Å²) in [6, 6.07) is 0. The zero-order chi connectivity index (χ0) is 8.48. The highest BCUT2D eigenvalue weighted by Crippen LogP contribution is 2.40. The molecule has 0 spiro atoms. The lowest BCUT2D eigenvalue weighted by molar-refractivity contribution is 0.403. The molecule has 0 heterocycles. The molecule has 1 rings (SSSR count). The lowest BCUT2D eigenvalue weighted by Gasteiger charge is -2.17. The molecular formula is C11H20. The molecule has 0 saturated heterocycles. The molecule has 1 atom stereocenters. The summed E-state index contributed by atoms with van der Waals surface area (Å²) in [5.41, 5.74) is 2.20. The van der Waals surface area contributed by atoms with E-state index in [-0.39, 0.29) is 0 Å². The second-order valence-corrected chi connectivity index (χ2v) is 4.38. The molecule has 0 aromatic carbocycles. The van der Waals surface area contributed by atoms with Gasteiger partial charge in [0.05, 0.1) is 0 Å². The Morgan fingerprint density at radius 3 is 2.45 bits per heavy atom. The third kappa shape index (κ3) is 1.85. The molecule has 64 valence electrons. The molecule has 11 heavy (non-hydrogen) atoms. The zero-order valence-corrected chi connectivity index (χ0v) is 8.28. The van der Waals surface area contributed by atoms with Crippen LogP contribution in [-0.4, -0.2) is 0 Å². The fraction of sp³-hybridized carbons (Fsp3) is 0.818. The molecule has 0 saturated carbocycles. The van der Waals surface area contributed by atoms with Gasteiger partial charge in [-0.15, -0.1) is 0 Å². The maximum atomic E-state index is 2.51. The van der Waals surface area contributed by atoms with Gasteiger partial charge in [0, 0.05) is 0 Å². The van der Waals surface area contributed by atoms with Crippen LogP contribution < -0.4 is 0 Å². The summed E-state index contributed by atoms with van der Waals surface area (Å²) in [6.45, 7) is 9.27. The van der Waals surface area contributed by atoms with Crippen LogP contribution in [0.1, 0.15) is 47.0 Å². The summed E-state index contributed by atoms with van der Waals surface area (Å²) in [6.07, 6.45) is 6.51. The molecule has 0 fully saturated rings. The minimum absolute atomic E-state index is 0.527. The molecule has 0 amide bonds. The molecule has 1 aliphatic carbocycles. The molecule has 0 bridgehead atoms. The zero-order valence-electron chi connectivity index (χ0n) is 8.28. The molecule has 0 heteroatoms. The fourth-order valence-electron chi connectivity index (χ4n) is 1.76. The molecule has 0 N–H and O–H groups in total. The molecular weight excluding hydrogens is 132 g/mol. The number of hydrogen-bond acceptors (Lipinski definition) is 0. The van der Waals surface area contributed by atoms with Gasteiger partial charge in [0.1, 0.15) is 0 Å².